The van der Waals surface area contributed by atoms with Crippen LogP contribution in [0.5, 0.6) is 23.0 Å². The molecule has 1 atom stereocenters. The quantitative estimate of drug-likeness (QED) is 0.816. The Bertz CT molecular complexity index is 933. The van der Waals surface area contributed by atoms with Crippen LogP contribution < -0.4 is 18.9 Å². The van der Waals surface area contributed by atoms with Crippen LogP contribution in [0.25, 0.3) is 0 Å². The number of carboxylic acids is 1. The topological polar surface area (TPSA) is 91.3 Å². The summed E-state index contributed by atoms with van der Waals surface area (Å²) in [4.78, 5) is 24.6. The molecule has 0 heterocycles. The van der Waals surface area contributed by atoms with Gasteiger partial charge >= 0.3 is 5.97 Å². The Balaban J connectivity index is 2.30. The first-order chi connectivity index (χ1) is 13.4. The zero-order valence-electron chi connectivity index (χ0n) is 16.2. The number of carboxylic acid groups (broad SMARTS) is 1. The van der Waals surface area contributed by atoms with Crippen LogP contribution in [0, 0.1) is 0 Å². The summed E-state index contributed by atoms with van der Waals surface area (Å²) in [5.41, 5.74) is 2.46. The number of benzene rings is 2. The van der Waals surface area contributed by atoms with E-state index in [4.69, 9.17) is 18.9 Å². The van der Waals surface area contributed by atoms with Crippen molar-refractivity contribution < 1.29 is 33.6 Å². The van der Waals surface area contributed by atoms with E-state index in [1.807, 2.05) is 0 Å². The first-order valence-electron chi connectivity index (χ1n) is 8.69. The number of Topliss-reactive ketones (excluding diaryl/α,β-unsaturated/α-hetero) is 1. The van der Waals surface area contributed by atoms with E-state index < -0.39 is 11.9 Å². The number of carbonyl (C=O) groups is 2. The Morgan fingerprint density at radius 2 is 1.39 bits per heavy atom. The van der Waals surface area contributed by atoms with Crippen LogP contribution in [0.4, 0.5) is 0 Å². The number of aliphatic carboxylic acids is 1. The monoisotopic (exact) mass is 386 g/mol. The lowest BCUT2D eigenvalue weighted by Gasteiger charge is -2.21. The van der Waals surface area contributed by atoms with Crippen molar-refractivity contribution >= 4 is 11.8 Å². The molecule has 1 unspecified atom stereocenters. The van der Waals surface area contributed by atoms with Gasteiger partial charge in [-0.1, -0.05) is 0 Å². The molecule has 0 saturated heterocycles. The first-order valence-corrected chi connectivity index (χ1v) is 8.69. The Morgan fingerprint density at radius 3 is 1.93 bits per heavy atom. The summed E-state index contributed by atoms with van der Waals surface area (Å²) >= 11 is 0. The number of rotatable bonds is 6. The van der Waals surface area contributed by atoms with Crippen LogP contribution in [0.1, 0.15) is 39.4 Å². The van der Waals surface area contributed by atoms with E-state index in [1.54, 1.807) is 24.3 Å². The molecular formula is C21H22O7. The normalized spacial score (nSPS) is 15.1. The smallest absolute Gasteiger partial charge is 0.304 e. The minimum absolute atomic E-state index is 0.119. The molecule has 1 aliphatic rings. The number of carbonyl (C=O) groups excluding carboxylic acids is 1. The molecule has 0 spiro atoms. The lowest BCUT2D eigenvalue weighted by molar-refractivity contribution is -0.137. The SMILES string of the molecule is COc1cc2c(cc1OC)C(CC(=O)O)c1cc(OC)c(OC)cc1C(=O)C2. The Morgan fingerprint density at radius 1 is 0.893 bits per heavy atom. The summed E-state index contributed by atoms with van der Waals surface area (Å²) in [6, 6.07) is 6.79. The van der Waals surface area contributed by atoms with E-state index in [1.165, 1.54) is 28.4 Å². The average Bonchev–Trinajstić information content (AvgIpc) is 2.79. The highest BCUT2D eigenvalue weighted by molar-refractivity contribution is 6.01. The van der Waals surface area contributed by atoms with Gasteiger partial charge in [0, 0.05) is 17.9 Å². The fraction of sp³-hybridized carbons (Fsp3) is 0.333. The molecule has 2 aromatic carbocycles. The van der Waals surface area contributed by atoms with Crippen LogP contribution in [-0.2, 0) is 11.2 Å². The van der Waals surface area contributed by atoms with Gasteiger partial charge in [-0.05, 0) is 41.0 Å². The van der Waals surface area contributed by atoms with Gasteiger partial charge in [-0.2, -0.15) is 0 Å². The lowest BCUT2D eigenvalue weighted by atomic mass is 9.85. The number of hydrogen-bond donors (Lipinski definition) is 1. The predicted octanol–water partition coefficient (Wildman–Crippen LogP) is 3.07. The molecule has 1 aliphatic carbocycles. The lowest BCUT2D eigenvalue weighted by Crippen LogP contribution is -2.11. The molecule has 7 nitrogen and oxygen atoms in total. The van der Waals surface area contributed by atoms with Crippen molar-refractivity contribution in [2.75, 3.05) is 28.4 Å². The number of fused-ring (bicyclic) bond motifs is 2. The maximum absolute atomic E-state index is 13.0. The van der Waals surface area contributed by atoms with E-state index in [0.29, 0.717) is 39.7 Å². The largest absolute Gasteiger partial charge is 0.493 e. The van der Waals surface area contributed by atoms with Gasteiger partial charge in [0.05, 0.1) is 34.9 Å². The van der Waals surface area contributed by atoms with Crippen LogP contribution in [0.15, 0.2) is 24.3 Å². The van der Waals surface area contributed by atoms with Gasteiger partial charge in [-0.15, -0.1) is 0 Å². The van der Waals surface area contributed by atoms with Crippen molar-refractivity contribution in [3.63, 3.8) is 0 Å². The molecule has 0 saturated carbocycles. The van der Waals surface area contributed by atoms with Crippen LogP contribution in [-0.4, -0.2) is 45.3 Å². The van der Waals surface area contributed by atoms with Crippen LogP contribution >= 0.6 is 0 Å². The van der Waals surface area contributed by atoms with Gasteiger partial charge in [0.1, 0.15) is 0 Å². The molecule has 0 radical (unpaired) electrons. The van der Waals surface area contributed by atoms with Crippen molar-refractivity contribution in [3.05, 3.63) is 46.5 Å². The fourth-order valence-electron chi connectivity index (χ4n) is 3.67. The number of ketones is 1. The zero-order valence-corrected chi connectivity index (χ0v) is 16.2. The van der Waals surface area contributed by atoms with Gasteiger partial charge in [0.2, 0.25) is 0 Å². The minimum Gasteiger partial charge on any atom is -0.493 e. The summed E-state index contributed by atoms with van der Waals surface area (Å²) in [7, 11) is 6.02. The summed E-state index contributed by atoms with van der Waals surface area (Å²) in [5, 5.41) is 9.53. The summed E-state index contributed by atoms with van der Waals surface area (Å²) in [6.45, 7) is 0. The summed E-state index contributed by atoms with van der Waals surface area (Å²) in [6.07, 6.45) is -0.0630. The maximum Gasteiger partial charge on any atom is 0.304 e. The van der Waals surface area contributed by atoms with Gasteiger partial charge in [-0.3, -0.25) is 9.59 Å². The van der Waals surface area contributed by atoms with E-state index in [9.17, 15) is 14.7 Å². The molecule has 0 aliphatic heterocycles. The third-order valence-electron chi connectivity index (χ3n) is 4.98. The summed E-state index contributed by atoms with van der Waals surface area (Å²) in [5.74, 6) is 0.183. The predicted molar refractivity (Wildman–Crippen MR) is 101 cm³/mol. The Kier molecular flexibility index (Phi) is 5.44. The van der Waals surface area contributed by atoms with Gasteiger partial charge in [-0.25, -0.2) is 0 Å². The second-order valence-electron chi connectivity index (χ2n) is 6.45. The molecule has 0 bridgehead atoms. The second kappa shape index (κ2) is 7.80. The van der Waals surface area contributed by atoms with E-state index in [-0.39, 0.29) is 18.6 Å². The van der Waals surface area contributed by atoms with Crippen molar-refractivity contribution in [2.45, 2.75) is 18.8 Å². The second-order valence-corrected chi connectivity index (χ2v) is 6.45. The molecule has 0 aromatic heterocycles. The fourth-order valence-corrected chi connectivity index (χ4v) is 3.67. The maximum atomic E-state index is 13.0. The van der Waals surface area contributed by atoms with Crippen LogP contribution in [0.3, 0.4) is 0 Å². The third kappa shape index (κ3) is 3.35. The average molecular weight is 386 g/mol. The molecule has 28 heavy (non-hydrogen) atoms. The van der Waals surface area contributed by atoms with Gasteiger partial charge in [0.15, 0.2) is 28.8 Å². The first kappa shape index (κ1) is 19.5. The minimum atomic E-state index is -0.971. The van der Waals surface area contributed by atoms with Crippen molar-refractivity contribution in [1.82, 2.24) is 0 Å². The van der Waals surface area contributed by atoms with Gasteiger partial charge < -0.3 is 24.1 Å². The molecule has 2 aromatic rings. The third-order valence-corrected chi connectivity index (χ3v) is 4.98. The van der Waals surface area contributed by atoms with Crippen molar-refractivity contribution in [1.29, 1.82) is 0 Å². The molecule has 7 heteroatoms. The Hall–Kier alpha value is -3.22. The molecular weight excluding hydrogens is 364 g/mol. The van der Waals surface area contributed by atoms with E-state index in [0.717, 1.165) is 5.56 Å². The highest BCUT2D eigenvalue weighted by atomic mass is 16.5. The van der Waals surface area contributed by atoms with Crippen LogP contribution in [0.2, 0.25) is 0 Å². The highest BCUT2D eigenvalue weighted by Gasteiger charge is 2.32. The molecule has 0 fully saturated rings. The molecule has 0 amide bonds. The zero-order chi connectivity index (χ0) is 20.4. The van der Waals surface area contributed by atoms with E-state index >= 15 is 0 Å². The highest BCUT2D eigenvalue weighted by Crippen LogP contribution is 2.44. The van der Waals surface area contributed by atoms with E-state index in [2.05, 4.69) is 0 Å². The number of hydrogen-bond acceptors (Lipinski definition) is 6. The standard InChI is InChI=1S/C21H22O7/c1-25-17-6-11-5-16(22)15-9-20(28-4)19(27-3)8-13(15)14(10-21(23)24)12(11)7-18(17)26-2/h6-9,14H,5,10H2,1-4H3,(H,23,24). The molecule has 148 valence electrons. The molecule has 1 N–H and O–H groups in total. The summed E-state index contributed by atoms with van der Waals surface area (Å²) < 4.78 is 21.4. The number of methoxy groups -OCH3 is 4. The molecule has 3 rings (SSSR count). The number of ether oxygens (including phenoxy) is 4. The van der Waals surface area contributed by atoms with Crippen molar-refractivity contribution in [3.8, 4) is 23.0 Å². The van der Waals surface area contributed by atoms with Gasteiger partial charge in [0.25, 0.3) is 0 Å². The van der Waals surface area contributed by atoms with Crippen molar-refractivity contribution in [2.24, 2.45) is 0 Å². The Labute approximate surface area is 162 Å².